The number of carbonyl (C=O) groups excluding carboxylic acids is 1. The minimum atomic E-state index is 0.0835. The van der Waals surface area contributed by atoms with E-state index in [-0.39, 0.29) is 5.91 Å². The summed E-state index contributed by atoms with van der Waals surface area (Å²) in [5.74, 6) is 0.724. The van der Waals surface area contributed by atoms with Gasteiger partial charge in [0.25, 0.3) is 5.91 Å². The summed E-state index contributed by atoms with van der Waals surface area (Å²) in [7, 11) is 1.65. The topological polar surface area (TPSA) is 100 Å². The van der Waals surface area contributed by atoms with Crippen LogP contribution in [0.1, 0.15) is 40.2 Å². The highest BCUT2D eigenvalue weighted by molar-refractivity contribution is 7.18. The van der Waals surface area contributed by atoms with Crippen LogP contribution in [0.2, 0.25) is 0 Å². The highest BCUT2D eigenvalue weighted by Crippen LogP contribution is 2.33. The number of rotatable bonds is 6. The number of aromatic amines is 1. The summed E-state index contributed by atoms with van der Waals surface area (Å²) < 4.78 is 7.37. The van der Waals surface area contributed by atoms with E-state index in [4.69, 9.17) is 4.74 Å². The maximum Gasteiger partial charge on any atom is 0.264 e. The van der Waals surface area contributed by atoms with E-state index in [1.807, 2.05) is 40.9 Å². The molecule has 0 aromatic carbocycles. The van der Waals surface area contributed by atoms with Crippen LogP contribution in [-0.2, 0) is 11.3 Å². The number of thiophene rings is 1. The summed E-state index contributed by atoms with van der Waals surface area (Å²) in [4.78, 5) is 25.1. The van der Waals surface area contributed by atoms with Crippen molar-refractivity contribution in [3.63, 3.8) is 0 Å². The Labute approximate surface area is 189 Å². The van der Waals surface area contributed by atoms with Crippen LogP contribution in [0, 0.1) is 6.92 Å². The molecule has 0 spiro atoms. The largest absolute Gasteiger partial charge is 0.380 e. The molecule has 1 fully saturated rings. The molecule has 0 radical (unpaired) electrons. The minimum Gasteiger partial charge on any atom is -0.380 e. The Balaban J connectivity index is 1.49. The second-order valence-electron chi connectivity index (χ2n) is 7.93. The van der Waals surface area contributed by atoms with Crippen LogP contribution >= 0.6 is 11.3 Å². The van der Waals surface area contributed by atoms with Gasteiger partial charge in [-0.3, -0.25) is 14.3 Å². The molecule has 32 heavy (non-hydrogen) atoms. The number of hydrogen-bond donors (Lipinski definition) is 2. The third kappa shape index (κ3) is 3.87. The minimum absolute atomic E-state index is 0.0835. The van der Waals surface area contributed by atoms with Gasteiger partial charge < -0.3 is 15.0 Å². The number of H-pyrrole nitrogens is 1. The third-order valence-corrected chi connectivity index (χ3v) is 6.68. The van der Waals surface area contributed by atoms with Gasteiger partial charge in [0, 0.05) is 43.7 Å². The maximum absolute atomic E-state index is 13.2. The van der Waals surface area contributed by atoms with E-state index >= 15 is 0 Å². The van der Waals surface area contributed by atoms with Gasteiger partial charge in [0.05, 0.1) is 40.3 Å². The van der Waals surface area contributed by atoms with E-state index in [1.54, 1.807) is 13.3 Å². The Morgan fingerprint density at radius 3 is 2.88 bits per heavy atom. The molecule has 2 N–H and O–H groups in total. The first-order chi connectivity index (χ1) is 15.6. The molecule has 9 nitrogen and oxygen atoms in total. The van der Waals surface area contributed by atoms with E-state index in [9.17, 15) is 4.79 Å². The number of methoxy groups -OCH3 is 1. The second-order valence-corrected chi connectivity index (χ2v) is 8.98. The number of nitrogens with one attached hydrogen (secondary N) is 2. The summed E-state index contributed by atoms with van der Waals surface area (Å²) in [6.07, 6.45) is 10.7. The third-order valence-electron chi connectivity index (χ3n) is 5.59. The first-order valence-electron chi connectivity index (χ1n) is 10.7. The lowest BCUT2D eigenvalue weighted by molar-refractivity contribution is 0.0725. The van der Waals surface area contributed by atoms with Crippen molar-refractivity contribution in [2.45, 2.75) is 32.8 Å². The molecule has 10 heteroatoms. The number of likely N-dealkylation sites (tertiary alicyclic amines) is 1. The van der Waals surface area contributed by atoms with Gasteiger partial charge in [-0.05, 0) is 32.3 Å². The highest BCUT2D eigenvalue weighted by atomic mass is 32.1. The lowest BCUT2D eigenvalue weighted by atomic mass is 10.1. The lowest BCUT2D eigenvalue weighted by Crippen LogP contribution is -2.35. The van der Waals surface area contributed by atoms with Crippen molar-refractivity contribution in [2.75, 3.05) is 25.5 Å². The van der Waals surface area contributed by atoms with Crippen molar-refractivity contribution < 1.29 is 9.53 Å². The zero-order valence-electron chi connectivity index (χ0n) is 18.1. The van der Waals surface area contributed by atoms with E-state index in [0.29, 0.717) is 18.1 Å². The molecule has 5 rings (SSSR count). The highest BCUT2D eigenvalue weighted by Gasteiger charge is 2.24. The number of anilines is 2. The Morgan fingerprint density at radius 1 is 1.28 bits per heavy atom. The Kier molecular flexibility index (Phi) is 5.62. The molecule has 1 saturated heterocycles. The van der Waals surface area contributed by atoms with Crippen molar-refractivity contribution in [1.29, 1.82) is 0 Å². The molecule has 0 atom stereocenters. The normalized spacial score (nSPS) is 14.2. The molecular weight excluding hydrogens is 426 g/mol. The van der Waals surface area contributed by atoms with Crippen molar-refractivity contribution in [1.82, 2.24) is 29.5 Å². The number of ether oxygens (including phenoxy) is 1. The average Bonchev–Trinajstić information content (AvgIpc) is 3.54. The molecule has 0 unspecified atom stereocenters. The molecule has 166 valence electrons. The molecule has 1 aliphatic heterocycles. The number of nitrogens with zero attached hydrogens (tertiary/aromatic N) is 5. The van der Waals surface area contributed by atoms with E-state index in [1.165, 1.54) is 17.8 Å². The van der Waals surface area contributed by atoms with Crippen molar-refractivity contribution >= 4 is 33.7 Å². The number of imidazole rings is 1. The zero-order chi connectivity index (χ0) is 22.1. The molecule has 0 bridgehead atoms. The summed E-state index contributed by atoms with van der Waals surface area (Å²) in [6, 6.07) is 1.98. The Hall–Kier alpha value is -3.24. The quantitative estimate of drug-likeness (QED) is 0.459. The number of piperidine rings is 1. The molecule has 1 amide bonds. The van der Waals surface area contributed by atoms with Crippen molar-refractivity contribution in [2.24, 2.45) is 0 Å². The van der Waals surface area contributed by atoms with Crippen LogP contribution in [-0.4, -0.2) is 55.6 Å². The van der Waals surface area contributed by atoms with E-state index in [0.717, 1.165) is 58.3 Å². The van der Waals surface area contributed by atoms with Crippen LogP contribution in [0.3, 0.4) is 0 Å². The van der Waals surface area contributed by atoms with Gasteiger partial charge in [-0.1, -0.05) is 0 Å². The Bertz CT molecular complexity index is 1240. The van der Waals surface area contributed by atoms with E-state index < -0.39 is 0 Å². The van der Waals surface area contributed by atoms with Crippen LogP contribution in [0.15, 0.2) is 30.9 Å². The first kappa shape index (κ1) is 20.7. The molecule has 5 heterocycles. The predicted molar refractivity (Wildman–Crippen MR) is 123 cm³/mol. The second kappa shape index (κ2) is 8.71. The number of hydrogen-bond acceptors (Lipinski definition) is 7. The van der Waals surface area contributed by atoms with Gasteiger partial charge in [-0.2, -0.15) is 5.10 Å². The first-order valence-corrected chi connectivity index (χ1v) is 11.5. The fourth-order valence-electron chi connectivity index (χ4n) is 4.09. The summed E-state index contributed by atoms with van der Waals surface area (Å²) in [5, 5.41) is 11.1. The summed E-state index contributed by atoms with van der Waals surface area (Å²) in [6.45, 7) is 3.96. The number of amides is 1. The van der Waals surface area contributed by atoms with Gasteiger partial charge in [0.2, 0.25) is 0 Å². The zero-order valence-corrected chi connectivity index (χ0v) is 18.9. The SMILES string of the molecule is COCc1cc(Nc2nc(C)cn3c(-c4cn[nH]c4)cnc23)sc1C(=O)N1CCCCC1. The van der Waals surface area contributed by atoms with Crippen LogP contribution in [0.5, 0.6) is 0 Å². The van der Waals surface area contributed by atoms with Crippen LogP contribution in [0.4, 0.5) is 10.8 Å². The molecule has 4 aromatic rings. The molecule has 0 aliphatic carbocycles. The molecule has 0 saturated carbocycles. The van der Waals surface area contributed by atoms with Crippen molar-refractivity contribution in [3.8, 4) is 11.3 Å². The Morgan fingerprint density at radius 2 is 2.12 bits per heavy atom. The van der Waals surface area contributed by atoms with E-state index in [2.05, 4.69) is 25.5 Å². The van der Waals surface area contributed by atoms with Gasteiger partial charge in [-0.25, -0.2) is 9.97 Å². The average molecular weight is 452 g/mol. The fraction of sp³-hybridized carbons (Fsp3) is 0.364. The van der Waals surface area contributed by atoms with Gasteiger partial charge >= 0.3 is 0 Å². The number of fused-ring (bicyclic) bond motifs is 1. The fourth-order valence-corrected chi connectivity index (χ4v) is 5.12. The number of carbonyl (C=O) groups is 1. The lowest BCUT2D eigenvalue weighted by Gasteiger charge is -2.26. The number of aryl methyl sites for hydroxylation is 1. The smallest absolute Gasteiger partial charge is 0.264 e. The standard InChI is InChI=1S/C22H25N7O2S/c1-14-12-29-17(16-9-24-25-10-16)11-23-21(29)20(26-14)27-18-8-15(13-31-2)19(32-18)22(30)28-6-4-3-5-7-28/h8-12H,3-7,13H2,1-2H3,(H,24,25)(H,26,27). The van der Waals surface area contributed by atoms with Crippen molar-refractivity contribution in [3.05, 3.63) is 47.0 Å². The summed E-state index contributed by atoms with van der Waals surface area (Å²) >= 11 is 1.44. The number of aromatic nitrogens is 5. The molecular formula is C22H25N7O2S. The van der Waals surface area contributed by atoms with Gasteiger partial charge in [-0.15, -0.1) is 11.3 Å². The predicted octanol–water partition coefficient (Wildman–Crippen LogP) is 4.01. The maximum atomic E-state index is 13.2. The van der Waals surface area contributed by atoms with Gasteiger partial charge in [0.15, 0.2) is 11.5 Å². The summed E-state index contributed by atoms with van der Waals surface area (Å²) in [5.41, 5.74) is 4.32. The van der Waals surface area contributed by atoms with Gasteiger partial charge in [0.1, 0.15) is 0 Å². The molecule has 1 aliphatic rings. The van der Waals surface area contributed by atoms with Crippen LogP contribution in [0.25, 0.3) is 16.9 Å². The monoisotopic (exact) mass is 451 g/mol. The van der Waals surface area contributed by atoms with Crippen LogP contribution < -0.4 is 5.32 Å². The molecule has 4 aromatic heterocycles.